The lowest BCUT2D eigenvalue weighted by Crippen LogP contribution is -2.09. The molecule has 13 heteroatoms. The van der Waals surface area contributed by atoms with Crippen molar-refractivity contribution in [2.45, 2.75) is 31.8 Å². The number of rotatable bonds is 7. The minimum Gasteiger partial charge on any atom is -0.421 e. The first kappa shape index (κ1) is 26.9. The summed E-state index contributed by atoms with van der Waals surface area (Å²) in [6, 6.07) is 8.56. The third kappa shape index (κ3) is 5.14. The van der Waals surface area contributed by atoms with Crippen LogP contribution in [-0.4, -0.2) is 51.8 Å². The lowest BCUT2D eigenvalue weighted by atomic mass is 10.0. The summed E-state index contributed by atoms with van der Waals surface area (Å²) in [6.07, 6.45) is -2.48. The van der Waals surface area contributed by atoms with Gasteiger partial charge in [0.15, 0.2) is 15.7 Å². The molecule has 198 valence electrons. The van der Waals surface area contributed by atoms with E-state index in [9.17, 15) is 21.6 Å². The SMILES string of the molecule is C=N/C(=C\c1nc(-c2ncc(-c3cccc(-c4nnc(C)o4)c3)cc2S(=O)(=O)CC)n(C)c1C)C(F)(F)F. The minimum absolute atomic E-state index is 0.0182. The van der Waals surface area contributed by atoms with E-state index in [-0.39, 0.29) is 27.9 Å². The van der Waals surface area contributed by atoms with Gasteiger partial charge in [0, 0.05) is 37.0 Å². The highest BCUT2D eigenvalue weighted by Crippen LogP contribution is 2.34. The number of aliphatic imine (C=N–C) groups is 1. The van der Waals surface area contributed by atoms with Gasteiger partial charge in [-0.2, -0.15) is 13.2 Å². The summed E-state index contributed by atoms with van der Waals surface area (Å²) < 4.78 is 72.9. The van der Waals surface area contributed by atoms with Crippen LogP contribution >= 0.6 is 0 Å². The molecule has 0 N–H and O–H groups in total. The predicted molar refractivity (Wildman–Crippen MR) is 136 cm³/mol. The fraction of sp³-hybridized carbons (Fsp3) is 0.240. The zero-order valence-electron chi connectivity index (χ0n) is 20.9. The molecular formula is C25H23F3N6O3S. The third-order valence-electron chi connectivity index (χ3n) is 5.90. The molecule has 0 unspecified atom stereocenters. The Hall–Kier alpha value is -4.13. The number of benzene rings is 1. The molecular weight excluding hydrogens is 521 g/mol. The molecule has 1 aromatic carbocycles. The Labute approximate surface area is 216 Å². The fourth-order valence-corrected chi connectivity index (χ4v) is 4.76. The van der Waals surface area contributed by atoms with E-state index < -0.39 is 21.7 Å². The Bertz CT molecular complexity index is 1670. The van der Waals surface area contributed by atoms with Crippen molar-refractivity contribution in [2.75, 3.05) is 5.75 Å². The number of nitrogens with zero attached hydrogens (tertiary/aromatic N) is 6. The normalized spacial score (nSPS) is 12.7. The number of alkyl halides is 3. The molecule has 0 saturated carbocycles. The minimum atomic E-state index is -4.73. The molecule has 0 radical (unpaired) electrons. The second kappa shape index (κ2) is 9.97. The Balaban J connectivity index is 1.87. The number of allylic oxidation sites excluding steroid dienone is 1. The van der Waals surface area contributed by atoms with Crippen LogP contribution in [0.5, 0.6) is 0 Å². The Morgan fingerprint density at radius 3 is 2.47 bits per heavy atom. The average molecular weight is 545 g/mol. The predicted octanol–water partition coefficient (Wildman–Crippen LogP) is 5.21. The van der Waals surface area contributed by atoms with Crippen LogP contribution in [0.2, 0.25) is 0 Å². The van der Waals surface area contributed by atoms with E-state index in [0.717, 1.165) is 6.08 Å². The van der Waals surface area contributed by atoms with Gasteiger partial charge in [-0.3, -0.25) is 9.98 Å². The third-order valence-corrected chi connectivity index (χ3v) is 7.64. The quantitative estimate of drug-likeness (QED) is 0.293. The highest BCUT2D eigenvalue weighted by atomic mass is 32.2. The largest absolute Gasteiger partial charge is 0.433 e. The van der Waals surface area contributed by atoms with Crippen LogP contribution in [-0.2, 0) is 16.9 Å². The van der Waals surface area contributed by atoms with Gasteiger partial charge in [-0.25, -0.2) is 13.4 Å². The van der Waals surface area contributed by atoms with Crippen molar-refractivity contribution in [2.24, 2.45) is 12.0 Å². The number of imidazole rings is 1. The van der Waals surface area contributed by atoms with E-state index in [1.807, 2.05) is 0 Å². The van der Waals surface area contributed by atoms with E-state index in [4.69, 9.17) is 4.42 Å². The van der Waals surface area contributed by atoms with Crippen LogP contribution in [0.3, 0.4) is 0 Å². The van der Waals surface area contributed by atoms with Gasteiger partial charge >= 0.3 is 6.18 Å². The summed E-state index contributed by atoms with van der Waals surface area (Å²) in [5.74, 6) is 0.583. The van der Waals surface area contributed by atoms with Gasteiger partial charge in [0.05, 0.1) is 16.3 Å². The van der Waals surface area contributed by atoms with E-state index in [2.05, 4.69) is 31.9 Å². The molecule has 0 saturated heterocycles. The highest BCUT2D eigenvalue weighted by molar-refractivity contribution is 7.91. The molecule has 0 amide bonds. The maximum Gasteiger partial charge on any atom is 0.433 e. The first-order valence-corrected chi connectivity index (χ1v) is 12.9. The second-order valence-corrected chi connectivity index (χ2v) is 10.6. The van der Waals surface area contributed by atoms with Crippen molar-refractivity contribution in [1.82, 2.24) is 24.7 Å². The molecule has 9 nitrogen and oxygen atoms in total. The van der Waals surface area contributed by atoms with Crippen molar-refractivity contribution < 1.29 is 26.0 Å². The van der Waals surface area contributed by atoms with Crippen molar-refractivity contribution >= 4 is 22.6 Å². The summed E-state index contributed by atoms with van der Waals surface area (Å²) in [5, 5.41) is 7.84. The number of hydrogen-bond acceptors (Lipinski definition) is 8. The monoisotopic (exact) mass is 544 g/mol. The molecule has 3 aromatic heterocycles. The van der Waals surface area contributed by atoms with Crippen LogP contribution in [0, 0.1) is 13.8 Å². The van der Waals surface area contributed by atoms with E-state index in [0.29, 0.717) is 34.2 Å². The zero-order chi connectivity index (χ0) is 27.8. The Kier molecular flexibility index (Phi) is 7.06. The lowest BCUT2D eigenvalue weighted by molar-refractivity contribution is -0.0912. The molecule has 3 heterocycles. The first-order chi connectivity index (χ1) is 17.9. The maximum atomic E-state index is 13.2. The number of halogens is 3. The van der Waals surface area contributed by atoms with Crippen molar-refractivity contribution in [1.29, 1.82) is 0 Å². The number of sulfone groups is 1. The van der Waals surface area contributed by atoms with Gasteiger partial charge in [-0.1, -0.05) is 19.1 Å². The van der Waals surface area contributed by atoms with Gasteiger partial charge < -0.3 is 8.98 Å². The molecule has 0 bridgehead atoms. The van der Waals surface area contributed by atoms with E-state index >= 15 is 0 Å². The fourth-order valence-electron chi connectivity index (χ4n) is 3.70. The molecule has 4 rings (SSSR count). The van der Waals surface area contributed by atoms with Crippen molar-refractivity contribution in [3.8, 4) is 34.1 Å². The van der Waals surface area contributed by atoms with Gasteiger partial charge in [0.25, 0.3) is 0 Å². The van der Waals surface area contributed by atoms with Crippen LogP contribution in [0.1, 0.15) is 24.2 Å². The van der Waals surface area contributed by atoms with Gasteiger partial charge in [-0.05, 0) is 43.5 Å². The zero-order valence-corrected chi connectivity index (χ0v) is 21.7. The molecule has 0 atom stereocenters. The van der Waals surface area contributed by atoms with Gasteiger partial charge in [-0.15, -0.1) is 10.2 Å². The first-order valence-electron chi connectivity index (χ1n) is 11.3. The van der Waals surface area contributed by atoms with Crippen molar-refractivity contribution in [3.63, 3.8) is 0 Å². The second-order valence-electron chi connectivity index (χ2n) is 8.33. The van der Waals surface area contributed by atoms with Crippen molar-refractivity contribution in [3.05, 3.63) is 59.5 Å². The molecule has 0 aliphatic carbocycles. The molecule has 0 aliphatic heterocycles. The van der Waals surface area contributed by atoms with Crippen LogP contribution in [0.15, 0.2) is 56.5 Å². The summed E-state index contributed by atoms with van der Waals surface area (Å²) in [5.41, 5.74) is 0.918. The summed E-state index contributed by atoms with van der Waals surface area (Å²) in [6.45, 7) is 7.71. The van der Waals surface area contributed by atoms with Crippen LogP contribution in [0.25, 0.3) is 40.2 Å². The number of aryl methyl sites for hydroxylation is 1. The van der Waals surface area contributed by atoms with Gasteiger partial charge in [0.2, 0.25) is 11.8 Å². The molecule has 0 spiro atoms. The number of pyridine rings is 1. The summed E-state index contributed by atoms with van der Waals surface area (Å²) in [7, 11) is -2.25. The van der Waals surface area contributed by atoms with Crippen LogP contribution < -0.4 is 0 Å². The topological polar surface area (TPSA) is 116 Å². The summed E-state index contributed by atoms with van der Waals surface area (Å²) in [4.78, 5) is 11.7. The standard InChI is InChI=1S/C25H23F3N6O3S/c1-6-38(35,36)20-11-18(16-8-7-9-17(10-16)24-33-32-15(3)37-24)13-30-22(20)23-31-19(14(2)34(23)5)12-21(29-4)25(26,27)28/h7-13H,4,6H2,1-3,5H3/b21-12-. The number of aromatic nitrogens is 5. The Morgan fingerprint density at radius 2 is 1.87 bits per heavy atom. The highest BCUT2D eigenvalue weighted by Gasteiger charge is 2.34. The average Bonchev–Trinajstić information content (AvgIpc) is 3.44. The van der Waals surface area contributed by atoms with E-state index in [1.165, 1.54) is 23.8 Å². The maximum absolute atomic E-state index is 13.2. The van der Waals surface area contributed by atoms with Crippen LogP contribution in [0.4, 0.5) is 13.2 Å². The lowest BCUT2D eigenvalue weighted by Gasteiger charge is -2.12. The Morgan fingerprint density at radius 1 is 1.16 bits per heavy atom. The molecule has 4 aromatic rings. The summed E-state index contributed by atoms with van der Waals surface area (Å²) >= 11 is 0. The number of hydrogen-bond donors (Lipinski definition) is 0. The van der Waals surface area contributed by atoms with Gasteiger partial charge in [0.1, 0.15) is 11.4 Å². The molecule has 0 aliphatic rings. The smallest absolute Gasteiger partial charge is 0.421 e. The molecule has 0 fully saturated rings. The van der Waals surface area contributed by atoms with E-state index in [1.54, 1.807) is 45.2 Å². The molecule has 38 heavy (non-hydrogen) atoms.